The molecule has 0 radical (unpaired) electrons. The number of H-pyrrole nitrogens is 1. The number of nitrogens with two attached hydrogens (primary N) is 1. The van der Waals surface area contributed by atoms with E-state index in [1.165, 1.54) is 0 Å². The van der Waals surface area contributed by atoms with Gasteiger partial charge in [-0.2, -0.15) is 11.8 Å². The lowest BCUT2D eigenvalue weighted by Gasteiger charge is -2.08. The van der Waals surface area contributed by atoms with Crippen molar-refractivity contribution in [3.05, 3.63) is 30.0 Å². The first-order valence-corrected chi connectivity index (χ1v) is 7.58. The topological polar surface area (TPSA) is 70.9 Å². The molecule has 1 unspecified atom stereocenters. The molecule has 4 N–H and O–H groups in total. The Labute approximate surface area is 117 Å². The second-order valence-electron chi connectivity index (χ2n) is 4.62. The van der Waals surface area contributed by atoms with Crippen LogP contribution in [0.1, 0.15) is 23.8 Å². The first-order valence-electron chi connectivity index (χ1n) is 6.29. The molecule has 0 aliphatic heterocycles. The summed E-state index contributed by atoms with van der Waals surface area (Å²) in [7, 11) is 0. The summed E-state index contributed by atoms with van der Waals surface area (Å²) >= 11 is 1.80. The number of aromatic nitrogens is 1. The van der Waals surface area contributed by atoms with E-state index in [0.717, 1.165) is 17.3 Å². The predicted molar refractivity (Wildman–Crippen MR) is 82.6 cm³/mol. The molecule has 1 heterocycles. The van der Waals surface area contributed by atoms with Crippen LogP contribution in [0.4, 0.5) is 5.69 Å². The van der Waals surface area contributed by atoms with E-state index in [4.69, 9.17) is 5.73 Å². The Balaban J connectivity index is 2.01. The number of hydrogen-bond acceptors (Lipinski definition) is 3. The Hall–Kier alpha value is -1.62. The number of fused-ring (bicyclic) bond motifs is 1. The Bertz CT molecular complexity index is 579. The maximum absolute atomic E-state index is 12.0. The van der Waals surface area contributed by atoms with Gasteiger partial charge in [-0.05, 0) is 36.9 Å². The van der Waals surface area contributed by atoms with Crippen LogP contribution in [-0.2, 0) is 0 Å². The zero-order valence-electron chi connectivity index (χ0n) is 11.2. The minimum absolute atomic E-state index is 0.0666. The maximum atomic E-state index is 12.0. The van der Waals surface area contributed by atoms with Crippen LogP contribution in [0.2, 0.25) is 0 Å². The van der Waals surface area contributed by atoms with Crippen LogP contribution in [0.5, 0.6) is 0 Å². The largest absolute Gasteiger partial charge is 0.399 e. The van der Waals surface area contributed by atoms with E-state index >= 15 is 0 Å². The van der Waals surface area contributed by atoms with Gasteiger partial charge in [0, 0.05) is 28.4 Å². The summed E-state index contributed by atoms with van der Waals surface area (Å²) in [6, 6.07) is 7.40. The number of carbonyl (C=O) groups is 1. The van der Waals surface area contributed by atoms with Crippen molar-refractivity contribution in [2.75, 3.05) is 18.5 Å². The van der Waals surface area contributed by atoms with Crippen molar-refractivity contribution in [2.45, 2.75) is 18.6 Å². The van der Waals surface area contributed by atoms with E-state index in [9.17, 15) is 4.79 Å². The van der Waals surface area contributed by atoms with Crippen molar-refractivity contribution in [2.24, 2.45) is 0 Å². The molecule has 0 aliphatic carbocycles. The molecule has 2 aromatic rings. The summed E-state index contributed by atoms with van der Waals surface area (Å²) in [6.45, 7) is 2.85. The zero-order valence-corrected chi connectivity index (χ0v) is 12.0. The van der Waals surface area contributed by atoms with Gasteiger partial charge in [0.15, 0.2) is 0 Å². The molecule has 0 bridgehead atoms. The predicted octanol–water partition coefficient (Wildman–Crippen LogP) is 2.62. The second-order valence-corrected chi connectivity index (χ2v) is 5.90. The number of carbonyl (C=O) groups excluding carboxylic acids is 1. The monoisotopic (exact) mass is 277 g/mol. The molecule has 0 saturated heterocycles. The molecule has 1 atom stereocenters. The average molecular weight is 277 g/mol. The molecule has 1 aromatic heterocycles. The number of aromatic amines is 1. The molecule has 2 rings (SSSR count). The van der Waals surface area contributed by atoms with Gasteiger partial charge in [-0.1, -0.05) is 6.92 Å². The number of anilines is 1. The molecule has 1 amide bonds. The fraction of sp³-hybridized carbons (Fsp3) is 0.357. The molecule has 19 heavy (non-hydrogen) atoms. The van der Waals surface area contributed by atoms with Crippen LogP contribution < -0.4 is 11.1 Å². The maximum Gasteiger partial charge on any atom is 0.267 e. The quantitative estimate of drug-likeness (QED) is 0.736. The van der Waals surface area contributed by atoms with Crippen LogP contribution in [0, 0.1) is 0 Å². The zero-order chi connectivity index (χ0) is 13.8. The van der Waals surface area contributed by atoms with Crippen molar-refractivity contribution in [3.63, 3.8) is 0 Å². The Morgan fingerprint density at radius 1 is 1.47 bits per heavy atom. The number of nitrogen functional groups attached to an aromatic ring is 1. The highest BCUT2D eigenvalue weighted by Gasteiger charge is 2.09. The summed E-state index contributed by atoms with van der Waals surface area (Å²) < 4.78 is 0. The minimum Gasteiger partial charge on any atom is -0.399 e. The third-order valence-corrected chi connectivity index (χ3v) is 4.17. The van der Waals surface area contributed by atoms with E-state index in [2.05, 4.69) is 23.5 Å². The van der Waals surface area contributed by atoms with E-state index in [-0.39, 0.29) is 5.91 Å². The van der Waals surface area contributed by atoms with Crippen LogP contribution in [-0.4, -0.2) is 28.9 Å². The van der Waals surface area contributed by atoms with Crippen molar-refractivity contribution in [1.29, 1.82) is 0 Å². The van der Waals surface area contributed by atoms with Crippen LogP contribution in [0.3, 0.4) is 0 Å². The first kappa shape index (κ1) is 13.8. The summed E-state index contributed by atoms with van der Waals surface area (Å²) in [5.41, 5.74) is 7.93. The van der Waals surface area contributed by atoms with Crippen molar-refractivity contribution in [3.8, 4) is 0 Å². The number of thioether (sulfide) groups is 1. The molecule has 0 fully saturated rings. The van der Waals surface area contributed by atoms with Crippen molar-refractivity contribution in [1.82, 2.24) is 10.3 Å². The van der Waals surface area contributed by atoms with E-state index in [1.54, 1.807) is 11.8 Å². The minimum atomic E-state index is -0.0666. The smallest absolute Gasteiger partial charge is 0.267 e. The van der Waals surface area contributed by atoms with Crippen LogP contribution in [0.15, 0.2) is 24.3 Å². The number of hydrogen-bond donors (Lipinski definition) is 3. The second kappa shape index (κ2) is 6.02. The molecule has 0 saturated carbocycles. The normalized spacial score (nSPS) is 12.5. The highest BCUT2D eigenvalue weighted by molar-refractivity contribution is 7.99. The van der Waals surface area contributed by atoms with E-state index in [0.29, 0.717) is 23.2 Å². The number of nitrogens with one attached hydrogen (secondary N) is 2. The lowest BCUT2D eigenvalue weighted by Crippen LogP contribution is -2.26. The number of rotatable bonds is 5. The molecule has 0 aliphatic rings. The average Bonchev–Trinajstić information content (AvgIpc) is 2.81. The van der Waals surface area contributed by atoms with E-state index in [1.807, 2.05) is 24.3 Å². The van der Waals surface area contributed by atoms with Gasteiger partial charge in [0.1, 0.15) is 5.69 Å². The summed E-state index contributed by atoms with van der Waals surface area (Å²) in [5, 5.41) is 4.44. The summed E-state index contributed by atoms with van der Waals surface area (Å²) in [6.07, 6.45) is 3.05. The standard InChI is InChI=1S/C14H19N3OS/c1-9(19-2)5-6-16-14(18)13-8-10-7-11(15)3-4-12(10)17-13/h3-4,7-9,17H,5-6,15H2,1-2H3,(H,16,18). The van der Waals surface area contributed by atoms with Gasteiger partial charge in [0.25, 0.3) is 5.91 Å². The SMILES string of the molecule is CSC(C)CCNC(=O)c1cc2cc(N)ccc2[nH]1. The van der Waals surface area contributed by atoms with Gasteiger partial charge < -0.3 is 16.0 Å². The first-order chi connectivity index (χ1) is 9.10. The number of amides is 1. The molecule has 4 nitrogen and oxygen atoms in total. The Morgan fingerprint density at radius 2 is 2.26 bits per heavy atom. The van der Waals surface area contributed by atoms with Crippen LogP contribution in [0.25, 0.3) is 10.9 Å². The van der Waals surface area contributed by atoms with Crippen molar-refractivity contribution < 1.29 is 4.79 Å². The molecular formula is C14H19N3OS. The summed E-state index contributed by atoms with van der Waals surface area (Å²) in [5.74, 6) is -0.0666. The molecular weight excluding hydrogens is 258 g/mol. The van der Waals surface area contributed by atoms with Crippen LogP contribution >= 0.6 is 11.8 Å². The lowest BCUT2D eigenvalue weighted by molar-refractivity contribution is 0.0949. The van der Waals surface area contributed by atoms with Gasteiger partial charge in [0.05, 0.1) is 0 Å². The highest BCUT2D eigenvalue weighted by atomic mass is 32.2. The van der Waals surface area contributed by atoms with Gasteiger partial charge in [0.2, 0.25) is 0 Å². The Morgan fingerprint density at radius 3 is 3.00 bits per heavy atom. The molecule has 0 spiro atoms. The third-order valence-electron chi connectivity index (χ3n) is 3.13. The fourth-order valence-electron chi connectivity index (χ4n) is 1.88. The van der Waals surface area contributed by atoms with Gasteiger partial charge >= 0.3 is 0 Å². The van der Waals surface area contributed by atoms with Gasteiger partial charge in [-0.3, -0.25) is 4.79 Å². The Kier molecular flexibility index (Phi) is 4.37. The fourth-order valence-corrected chi connectivity index (χ4v) is 2.23. The highest BCUT2D eigenvalue weighted by Crippen LogP contribution is 2.18. The lowest BCUT2D eigenvalue weighted by atomic mass is 10.2. The summed E-state index contributed by atoms with van der Waals surface area (Å²) in [4.78, 5) is 15.1. The molecule has 1 aromatic carbocycles. The number of benzene rings is 1. The third kappa shape index (κ3) is 3.44. The van der Waals surface area contributed by atoms with Gasteiger partial charge in [-0.25, -0.2) is 0 Å². The van der Waals surface area contributed by atoms with Crippen molar-refractivity contribution >= 4 is 34.3 Å². The molecule has 5 heteroatoms. The van der Waals surface area contributed by atoms with E-state index < -0.39 is 0 Å². The van der Waals surface area contributed by atoms with Gasteiger partial charge in [-0.15, -0.1) is 0 Å². The molecule has 102 valence electrons.